The van der Waals surface area contributed by atoms with E-state index >= 15 is 0 Å². The Kier molecular flexibility index (Phi) is 3.82. The minimum atomic E-state index is -0.126. The van der Waals surface area contributed by atoms with Crippen molar-refractivity contribution in [3.05, 3.63) is 69.6 Å². The van der Waals surface area contributed by atoms with Gasteiger partial charge in [-0.05, 0) is 48.2 Å². The van der Waals surface area contributed by atoms with Crippen molar-refractivity contribution < 1.29 is 4.79 Å². The molecule has 0 fully saturated rings. The average Bonchev–Trinajstić information content (AvgIpc) is 3.12. The Labute approximate surface area is 131 Å². The summed E-state index contributed by atoms with van der Waals surface area (Å²) in [6, 6.07) is 11.3. The first-order chi connectivity index (χ1) is 10.1. The SMILES string of the molecule is Cc1ccc(Cl)cc1NC(=O)c1sccc1-n1cccc1. The van der Waals surface area contributed by atoms with Gasteiger partial charge in [0.1, 0.15) is 4.88 Å². The number of rotatable bonds is 3. The predicted octanol–water partition coefficient (Wildman–Crippen LogP) is 4.75. The number of aromatic nitrogens is 1. The quantitative estimate of drug-likeness (QED) is 0.743. The number of nitrogens with one attached hydrogen (secondary N) is 1. The third-order valence-corrected chi connectivity index (χ3v) is 4.32. The molecule has 5 heteroatoms. The Morgan fingerprint density at radius 2 is 2.00 bits per heavy atom. The summed E-state index contributed by atoms with van der Waals surface area (Å²) in [5, 5.41) is 5.45. The lowest BCUT2D eigenvalue weighted by atomic mass is 10.2. The molecule has 2 aromatic heterocycles. The molecule has 1 amide bonds. The third kappa shape index (κ3) is 2.86. The van der Waals surface area contributed by atoms with Gasteiger partial charge in [-0.1, -0.05) is 17.7 Å². The van der Waals surface area contributed by atoms with Crippen molar-refractivity contribution in [3.8, 4) is 5.69 Å². The maximum atomic E-state index is 12.5. The summed E-state index contributed by atoms with van der Waals surface area (Å²) >= 11 is 7.40. The summed E-state index contributed by atoms with van der Waals surface area (Å²) in [7, 11) is 0. The van der Waals surface area contributed by atoms with Crippen LogP contribution in [-0.4, -0.2) is 10.5 Å². The van der Waals surface area contributed by atoms with E-state index in [1.807, 2.05) is 59.6 Å². The molecule has 0 aliphatic carbocycles. The zero-order valence-electron chi connectivity index (χ0n) is 11.3. The number of carbonyl (C=O) groups is 1. The van der Waals surface area contributed by atoms with Crippen LogP contribution in [0.3, 0.4) is 0 Å². The number of anilines is 1. The summed E-state index contributed by atoms with van der Waals surface area (Å²) in [5.41, 5.74) is 2.59. The first-order valence-corrected chi connectivity index (χ1v) is 7.69. The maximum Gasteiger partial charge on any atom is 0.267 e. The fourth-order valence-electron chi connectivity index (χ4n) is 2.08. The van der Waals surface area contributed by atoms with Gasteiger partial charge in [0, 0.05) is 23.1 Å². The van der Waals surface area contributed by atoms with Crippen molar-refractivity contribution in [2.75, 3.05) is 5.32 Å². The lowest BCUT2D eigenvalue weighted by molar-refractivity contribution is 0.103. The van der Waals surface area contributed by atoms with Crippen molar-refractivity contribution >= 4 is 34.5 Å². The molecule has 0 saturated carbocycles. The highest BCUT2D eigenvalue weighted by Crippen LogP contribution is 2.25. The summed E-state index contributed by atoms with van der Waals surface area (Å²) in [5.74, 6) is -0.126. The van der Waals surface area contributed by atoms with Crippen molar-refractivity contribution in [2.24, 2.45) is 0 Å². The van der Waals surface area contributed by atoms with E-state index in [2.05, 4.69) is 5.32 Å². The van der Waals surface area contributed by atoms with Crippen LogP contribution in [0.5, 0.6) is 0 Å². The summed E-state index contributed by atoms with van der Waals surface area (Å²) < 4.78 is 1.93. The molecule has 0 aliphatic rings. The number of halogens is 1. The van der Waals surface area contributed by atoms with E-state index in [9.17, 15) is 4.79 Å². The van der Waals surface area contributed by atoms with E-state index < -0.39 is 0 Å². The van der Waals surface area contributed by atoms with Gasteiger partial charge in [0.25, 0.3) is 5.91 Å². The van der Waals surface area contributed by atoms with Crippen LogP contribution in [0.25, 0.3) is 5.69 Å². The van der Waals surface area contributed by atoms with Crippen molar-refractivity contribution in [2.45, 2.75) is 6.92 Å². The van der Waals surface area contributed by atoms with E-state index in [1.165, 1.54) is 11.3 Å². The van der Waals surface area contributed by atoms with Crippen LogP contribution >= 0.6 is 22.9 Å². The minimum Gasteiger partial charge on any atom is -0.322 e. The number of hydrogen-bond donors (Lipinski definition) is 1. The van der Waals surface area contributed by atoms with Crippen molar-refractivity contribution in [1.29, 1.82) is 0 Å². The van der Waals surface area contributed by atoms with Crippen LogP contribution in [0.4, 0.5) is 5.69 Å². The highest BCUT2D eigenvalue weighted by atomic mass is 35.5. The third-order valence-electron chi connectivity index (χ3n) is 3.18. The second-order valence-corrected chi connectivity index (χ2v) is 5.99. The molecule has 2 heterocycles. The Morgan fingerprint density at radius 1 is 1.24 bits per heavy atom. The van der Waals surface area contributed by atoms with Gasteiger partial charge in [-0.3, -0.25) is 4.79 Å². The van der Waals surface area contributed by atoms with Gasteiger partial charge < -0.3 is 9.88 Å². The van der Waals surface area contributed by atoms with Crippen LogP contribution in [0, 0.1) is 6.92 Å². The van der Waals surface area contributed by atoms with Crippen LogP contribution in [0.2, 0.25) is 5.02 Å². The van der Waals surface area contributed by atoms with Crippen molar-refractivity contribution in [1.82, 2.24) is 4.57 Å². The van der Waals surface area contributed by atoms with Crippen LogP contribution in [-0.2, 0) is 0 Å². The van der Waals surface area contributed by atoms with Gasteiger partial charge in [-0.25, -0.2) is 0 Å². The van der Waals surface area contributed by atoms with Crippen LogP contribution < -0.4 is 5.32 Å². The number of hydrogen-bond acceptors (Lipinski definition) is 2. The Balaban J connectivity index is 1.90. The highest BCUT2D eigenvalue weighted by Gasteiger charge is 2.15. The molecule has 0 unspecified atom stereocenters. The van der Waals surface area contributed by atoms with Crippen molar-refractivity contribution in [3.63, 3.8) is 0 Å². The predicted molar refractivity (Wildman–Crippen MR) is 87.8 cm³/mol. The molecule has 21 heavy (non-hydrogen) atoms. The first kappa shape index (κ1) is 13.9. The fourth-order valence-corrected chi connectivity index (χ4v) is 3.04. The summed E-state index contributed by atoms with van der Waals surface area (Å²) in [6.45, 7) is 1.94. The molecule has 0 atom stereocenters. The molecule has 1 N–H and O–H groups in total. The molecule has 3 aromatic rings. The molecule has 0 radical (unpaired) electrons. The maximum absolute atomic E-state index is 12.5. The van der Waals surface area contributed by atoms with Gasteiger partial charge in [-0.2, -0.15) is 0 Å². The minimum absolute atomic E-state index is 0.126. The monoisotopic (exact) mass is 316 g/mol. The molecule has 1 aromatic carbocycles. The van der Waals surface area contributed by atoms with Gasteiger partial charge in [0.05, 0.1) is 5.69 Å². The first-order valence-electron chi connectivity index (χ1n) is 6.43. The second-order valence-electron chi connectivity index (χ2n) is 4.64. The number of benzene rings is 1. The zero-order valence-corrected chi connectivity index (χ0v) is 12.9. The van der Waals surface area contributed by atoms with Gasteiger partial charge in [-0.15, -0.1) is 11.3 Å². The standard InChI is InChI=1S/C16H13ClN2OS/c1-11-4-5-12(17)10-13(11)18-16(20)15-14(6-9-21-15)19-7-2-3-8-19/h2-10H,1H3,(H,18,20). The normalized spacial score (nSPS) is 10.6. The van der Waals surface area contributed by atoms with Crippen LogP contribution in [0.15, 0.2) is 54.2 Å². The largest absolute Gasteiger partial charge is 0.322 e. The zero-order chi connectivity index (χ0) is 14.8. The number of aryl methyl sites for hydroxylation is 1. The summed E-state index contributed by atoms with van der Waals surface area (Å²) in [6.07, 6.45) is 3.84. The molecular weight excluding hydrogens is 304 g/mol. The number of thiophene rings is 1. The molecule has 0 saturated heterocycles. The molecule has 106 valence electrons. The lowest BCUT2D eigenvalue weighted by Gasteiger charge is -2.09. The Hall–Kier alpha value is -2.04. The van der Waals surface area contributed by atoms with Gasteiger partial charge >= 0.3 is 0 Å². The Morgan fingerprint density at radius 3 is 2.76 bits per heavy atom. The molecule has 0 bridgehead atoms. The van der Waals surface area contributed by atoms with Crippen LogP contribution in [0.1, 0.15) is 15.2 Å². The van der Waals surface area contributed by atoms with Gasteiger partial charge in [0.15, 0.2) is 0 Å². The van der Waals surface area contributed by atoms with Gasteiger partial charge in [0.2, 0.25) is 0 Å². The number of carbonyl (C=O) groups excluding carboxylic acids is 1. The highest BCUT2D eigenvalue weighted by molar-refractivity contribution is 7.12. The molecule has 0 aliphatic heterocycles. The van der Waals surface area contributed by atoms with E-state index in [1.54, 1.807) is 6.07 Å². The molecule has 3 nitrogen and oxygen atoms in total. The lowest BCUT2D eigenvalue weighted by Crippen LogP contribution is -2.13. The Bertz CT molecular complexity index is 777. The molecule has 0 spiro atoms. The fraction of sp³-hybridized carbons (Fsp3) is 0.0625. The molecular formula is C16H13ClN2OS. The van der Waals surface area contributed by atoms with E-state index in [0.29, 0.717) is 9.90 Å². The summed E-state index contributed by atoms with van der Waals surface area (Å²) in [4.78, 5) is 13.2. The van der Waals surface area contributed by atoms with E-state index in [0.717, 1.165) is 16.9 Å². The van der Waals surface area contributed by atoms with E-state index in [4.69, 9.17) is 11.6 Å². The smallest absolute Gasteiger partial charge is 0.267 e. The topological polar surface area (TPSA) is 34.0 Å². The average molecular weight is 317 g/mol. The molecule has 3 rings (SSSR count). The second kappa shape index (κ2) is 5.76. The van der Waals surface area contributed by atoms with E-state index in [-0.39, 0.29) is 5.91 Å². The number of amides is 1. The number of nitrogens with zero attached hydrogens (tertiary/aromatic N) is 1.